The Morgan fingerprint density at radius 1 is 1.33 bits per heavy atom. The molecule has 1 heterocycles. The molecule has 1 aliphatic carbocycles. The van der Waals surface area contributed by atoms with Crippen LogP contribution in [0.3, 0.4) is 0 Å². The van der Waals surface area contributed by atoms with E-state index in [0.717, 1.165) is 32.4 Å². The van der Waals surface area contributed by atoms with Crippen molar-refractivity contribution in [2.45, 2.75) is 52.1 Å². The lowest BCUT2D eigenvalue weighted by Gasteiger charge is -2.36. The summed E-state index contributed by atoms with van der Waals surface area (Å²) in [5.74, 6) is 0.638. The number of rotatable bonds is 4. The summed E-state index contributed by atoms with van der Waals surface area (Å²) in [5.41, 5.74) is 1.16. The third kappa shape index (κ3) is 3.02. The molecule has 102 valence electrons. The quantitative estimate of drug-likeness (QED) is 0.671. The topological polar surface area (TPSA) is 20.2 Å². The SMILES string of the molecule is CC(C)CC1(C(O)c2cc(Br)sc2Br)CCCC1. The monoisotopic (exact) mass is 394 g/mol. The van der Waals surface area contributed by atoms with E-state index in [9.17, 15) is 5.11 Å². The molecule has 0 amide bonds. The first-order chi connectivity index (χ1) is 8.44. The number of aliphatic hydroxyl groups excluding tert-OH is 1. The minimum Gasteiger partial charge on any atom is -0.388 e. The van der Waals surface area contributed by atoms with Gasteiger partial charge in [0.05, 0.1) is 13.7 Å². The lowest BCUT2D eigenvalue weighted by molar-refractivity contribution is 0.0110. The molecule has 0 spiro atoms. The van der Waals surface area contributed by atoms with Crippen molar-refractivity contribution in [1.82, 2.24) is 0 Å². The molecule has 1 aromatic rings. The smallest absolute Gasteiger partial charge is 0.0865 e. The molecule has 1 nitrogen and oxygen atoms in total. The van der Waals surface area contributed by atoms with Gasteiger partial charge in [-0.1, -0.05) is 26.7 Å². The van der Waals surface area contributed by atoms with Crippen LogP contribution in [-0.2, 0) is 0 Å². The zero-order chi connectivity index (χ0) is 13.3. The third-order valence-corrected chi connectivity index (χ3v) is 6.36. The van der Waals surface area contributed by atoms with Crippen LogP contribution in [-0.4, -0.2) is 5.11 Å². The minimum atomic E-state index is -0.334. The van der Waals surface area contributed by atoms with Gasteiger partial charge in [-0.25, -0.2) is 0 Å². The van der Waals surface area contributed by atoms with Crippen molar-refractivity contribution in [2.24, 2.45) is 11.3 Å². The standard InChI is InChI=1S/C14H20Br2OS/c1-9(2)8-14(5-3-4-6-14)12(17)10-7-11(15)18-13(10)16/h7,9,12,17H,3-6,8H2,1-2H3. The van der Waals surface area contributed by atoms with Crippen molar-refractivity contribution in [3.05, 3.63) is 19.2 Å². The molecule has 1 unspecified atom stereocenters. The summed E-state index contributed by atoms with van der Waals surface area (Å²) in [5, 5.41) is 10.9. The van der Waals surface area contributed by atoms with Crippen LogP contribution in [0.4, 0.5) is 0 Å². The van der Waals surface area contributed by atoms with E-state index in [1.807, 2.05) is 0 Å². The molecule has 4 heteroatoms. The van der Waals surface area contributed by atoms with Gasteiger partial charge < -0.3 is 5.11 Å². The van der Waals surface area contributed by atoms with E-state index in [0.29, 0.717) is 5.92 Å². The summed E-state index contributed by atoms with van der Waals surface area (Å²) in [6, 6.07) is 2.07. The number of hydrogen-bond donors (Lipinski definition) is 1. The fourth-order valence-electron chi connectivity index (χ4n) is 3.35. The summed E-state index contributed by atoms with van der Waals surface area (Å²) in [4.78, 5) is 0. The zero-order valence-corrected chi connectivity index (χ0v) is 14.9. The highest BCUT2D eigenvalue weighted by atomic mass is 79.9. The predicted molar refractivity (Wildman–Crippen MR) is 85.0 cm³/mol. The summed E-state index contributed by atoms with van der Waals surface area (Å²) in [6.45, 7) is 4.51. The van der Waals surface area contributed by atoms with E-state index in [-0.39, 0.29) is 11.5 Å². The number of halogens is 2. The van der Waals surface area contributed by atoms with Crippen molar-refractivity contribution in [1.29, 1.82) is 0 Å². The lowest BCUT2D eigenvalue weighted by Crippen LogP contribution is -2.27. The van der Waals surface area contributed by atoms with E-state index >= 15 is 0 Å². The maximum absolute atomic E-state index is 10.9. The van der Waals surface area contributed by atoms with Crippen molar-refractivity contribution in [3.63, 3.8) is 0 Å². The number of thiophene rings is 1. The van der Waals surface area contributed by atoms with Crippen LogP contribution in [0, 0.1) is 11.3 Å². The molecule has 1 saturated carbocycles. The molecule has 0 radical (unpaired) electrons. The average Bonchev–Trinajstić information content (AvgIpc) is 2.84. The summed E-state index contributed by atoms with van der Waals surface area (Å²) in [6.07, 6.45) is 5.62. The van der Waals surface area contributed by atoms with E-state index in [1.165, 1.54) is 12.8 Å². The number of aliphatic hydroxyl groups is 1. The molecule has 1 aromatic heterocycles. The Labute approximate surface area is 130 Å². The van der Waals surface area contributed by atoms with E-state index in [4.69, 9.17) is 0 Å². The van der Waals surface area contributed by atoms with Crippen LogP contribution in [0.25, 0.3) is 0 Å². The van der Waals surface area contributed by atoms with Crippen molar-refractivity contribution < 1.29 is 5.11 Å². The van der Waals surface area contributed by atoms with Crippen LogP contribution >= 0.6 is 43.2 Å². The Bertz CT molecular complexity index is 408. The molecule has 1 aliphatic rings. The molecule has 0 bridgehead atoms. The fraction of sp³-hybridized carbons (Fsp3) is 0.714. The maximum Gasteiger partial charge on any atom is 0.0865 e. The van der Waals surface area contributed by atoms with Gasteiger partial charge in [-0.05, 0) is 63.1 Å². The Balaban J connectivity index is 2.28. The Hall–Kier alpha value is 0.620. The second-order valence-electron chi connectivity index (χ2n) is 5.85. The average molecular weight is 396 g/mol. The van der Waals surface area contributed by atoms with Gasteiger partial charge in [0.2, 0.25) is 0 Å². The highest BCUT2D eigenvalue weighted by Crippen LogP contribution is 2.53. The first-order valence-electron chi connectivity index (χ1n) is 6.57. The molecule has 0 saturated heterocycles. The van der Waals surface area contributed by atoms with Gasteiger partial charge in [-0.2, -0.15) is 0 Å². The third-order valence-electron chi connectivity index (χ3n) is 3.97. The minimum absolute atomic E-state index is 0.0944. The highest BCUT2D eigenvalue weighted by molar-refractivity contribution is 9.12. The lowest BCUT2D eigenvalue weighted by atomic mass is 9.72. The van der Waals surface area contributed by atoms with Crippen LogP contribution in [0.5, 0.6) is 0 Å². The first kappa shape index (κ1) is 15.0. The second kappa shape index (κ2) is 5.94. The number of hydrogen-bond acceptors (Lipinski definition) is 2. The highest BCUT2D eigenvalue weighted by Gasteiger charge is 2.42. The molecule has 2 rings (SSSR count). The first-order valence-corrected chi connectivity index (χ1v) is 8.98. The van der Waals surface area contributed by atoms with Crippen LogP contribution in [0.2, 0.25) is 0 Å². The van der Waals surface area contributed by atoms with Crippen molar-refractivity contribution in [2.75, 3.05) is 0 Å². The fourth-order valence-corrected chi connectivity index (χ4v) is 6.23. The Kier molecular flexibility index (Phi) is 4.96. The maximum atomic E-state index is 10.9. The van der Waals surface area contributed by atoms with E-state index < -0.39 is 0 Å². The van der Waals surface area contributed by atoms with Gasteiger partial charge >= 0.3 is 0 Å². The second-order valence-corrected chi connectivity index (χ2v) is 9.60. The summed E-state index contributed by atoms with van der Waals surface area (Å²) in [7, 11) is 0. The molecule has 0 aliphatic heterocycles. The van der Waals surface area contributed by atoms with E-state index in [2.05, 4.69) is 51.8 Å². The van der Waals surface area contributed by atoms with Crippen LogP contribution in [0.1, 0.15) is 57.6 Å². The Morgan fingerprint density at radius 3 is 2.39 bits per heavy atom. The van der Waals surface area contributed by atoms with Gasteiger partial charge in [0.1, 0.15) is 0 Å². The van der Waals surface area contributed by atoms with Gasteiger partial charge in [0, 0.05) is 11.0 Å². The molecule has 1 fully saturated rings. The molecule has 1 atom stereocenters. The molecular weight excluding hydrogens is 376 g/mol. The van der Waals surface area contributed by atoms with E-state index in [1.54, 1.807) is 11.3 Å². The normalized spacial score (nSPS) is 20.6. The van der Waals surface area contributed by atoms with Crippen LogP contribution in [0.15, 0.2) is 13.6 Å². The van der Waals surface area contributed by atoms with Crippen LogP contribution < -0.4 is 0 Å². The summed E-state index contributed by atoms with van der Waals surface area (Å²) < 4.78 is 2.15. The van der Waals surface area contributed by atoms with Gasteiger partial charge in [0.25, 0.3) is 0 Å². The molecular formula is C14H20Br2OS. The summed E-state index contributed by atoms with van der Waals surface area (Å²) >= 11 is 8.74. The van der Waals surface area contributed by atoms with Crippen molar-refractivity contribution in [3.8, 4) is 0 Å². The van der Waals surface area contributed by atoms with Gasteiger partial charge in [0.15, 0.2) is 0 Å². The zero-order valence-electron chi connectivity index (χ0n) is 10.9. The van der Waals surface area contributed by atoms with Gasteiger partial charge in [-0.15, -0.1) is 11.3 Å². The Morgan fingerprint density at radius 2 is 1.94 bits per heavy atom. The molecule has 18 heavy (non-hydrogen) atoms. The molecule has 0 aromatic carbocycles. The predicted octanol–water partition coefficient (Wildman–Crippen LogP) is 5.91. The van der Waals surface area contributed by atoms with Crippen molar-refractivity contribution >= 4 is 43.2 Å². The molecule has 1 N–H and O–H groups in total. The largest absolute Gasteiger partial charge is 0.388 e. The van der Waals surface area contributed by atoms with Gasteiger partial charge in [-0.3, -0.25) is 0 Å².